The Morgan fingerprint density at radius 3 is 2.88 bits per heavy atom. The summed E-state index contributed by atoms with van der Waals surface area (Å²) in [5, 5.41) is 6.28. The van der Waals surface area contributed by atoms with Gasteiger partial charge in [-0.1, -0.05) is 0 Å². The molecule has 0 bridgehead atoms. The molecule has 1 N–H and O–H groups in total. The third-order valence-electron chi connectivity index (χ3n) is 2.65. The van der Waals surface area contributed by atoms with E-state index in [1.807, 2.05) is 20.8 Å². The zero-order chi connectivity index (χ0) is 12.6. The van der Waals surface area contributed by atoms with Crippen LogP contribution in [0, 0.1) is 0 Å². The van der Waals surface area contributed by atoms with E-state index < -0.39 is 11.6 Å². The summed E-state index contributed by atoms with van der Waals surface area (Å²) in [4.78, 5) is 23.6. The van der Waals surface area contributed by atoms with E-state index in [1.165, 1.54) is 4.57 Å². The van der Waals surface area contributed by atoms with Crippen LogP contribution in [0.1, 0.15) is 45.5 Å². The van der Waals surface area contributed by atoms with E-state index in [0.29, 0.717) is 12.2 Å². The lowest BCUT2D eigenvalue weighted by Crippen LogP contribution is -2.36. The Morgan fingerprint density at radius 2 is 2.24 bits per heavy atom. The summed E-state index contributed by atoms with van der Waals surface area (Å²) in [6, 6.07) is -0.538. The summed E-state index contributed by atoms with van der Waals surface area (Å²) in [7, 11) is 0. The smallest absolute Gasteiger partial charge is 0.344 e. The van der Waals surface area contributed by atoms with Gasteiger partial charge in [0.15, 0.2) is 0 Å². The first kappa shape index (κ1) is 11.9. The zero-order valence-electron chi connectivity index (χ0n) is 10.3. The standard InChI is InChI=1S/C11H17N3O3/c1-11(2,3)17-9(15)7-5-4-6-8-12-13-10(16)14(7)8/h7H,4-6H2,1-3H3,(H,13,16). The number of fused-ring (bicyclic) bond motifs is 1. The van der Waals surface area contributed by atoms with Crippen LogP contribution in [0.15, 0.2) is 4.79 Å². The highest BCUT2D eigenvalue weighted by Crippen LogP contribution is 2.24. The van der Waals surface area contributed by atoms with E-state index in [0.717, 1.165) is 12.8 Å². The van der Waals surface area contributed by atoms with Crippen LogP contribution in [0.5, 0.6) is 0 Å². The molecule has 6 nitrogen and oxygen atoms in total. The fourth-order valence-electron chi connectivity index (χ4n) is 2.01. The van der Waals surface area contributed by atoms with Gasteiger partial charge in [0.1, 0.15) is 17.5 Å². The second-order valence-corrected chi connectivity index (χ2v) is 5.26. The van der Waals surface area contributed by atoms with E-state index >= 15 is 0 Å². The molecule has 94 valence electrons. The summed E-state index contributed by atoms with van der Waals surface area (Å²) < 4.78 is 6.73. The Hall–Kier alpha value is -1.59. The molecule has 6 heteroatoms. The number of H-pyrrole nitrogens is 1. The largest absolute Gasteiger partial charge is 0.458 e. The average Bonchev–Trinajstić information content (AvgIpc) is 2.58. The quantitative estimate of drug-likeness (QED) is 0.735. The van der Waals surface area contributed by atoms with Crippen LogP contribution >= 0.6 is 0 Å². The minimum atomic E-state index is -0.540. The molecule has 0 saturated heterocycles. The molecule has 2 heterocycles. The molecule has 0 amide bonds. The number of aryl methyl sites for hydroxylation is 1. The molecule has 1 aliphatic heterocycles. The van der Waals surface area contributed by atoms with E-state index in [2.05, 4.69) is 10.2 Å². The van der Waals surface area contributed by atoms with Gasteiger partial charge in [-0.25, -0.2) is 14.7 Å². The molecule has 0 spiro atoms. The number of aromatic amines is 1. The summed E-state index contributed by atoms with van der Waals surface area (Å²) in [5.74, 6) is 0.277. The van der Waals surface area contributed by atoms with Crippen LogP contribution in [-0.2, 0) is 16.0 Å². The summed E-state index contributed by atoms with van der Waals surface area (Å²) >= 11 is 0. The maximum atomic E-state index is 12.0. The number of hydrogen-bond donors (Lipinski definition) is 1. The molecule has 1 aromatic heterocycles. The Morgan fingerprint density at radius 1 is 1.53 bits per heavy atom. The van der Waals surface area contributed by atoms with Crippen LogP contribution < -0.4 is 5.69 Å². The number of nitrogens with zero attached hydrogens (tertiary/aromatic N) is 2. The van der Waals surface area contributed by atoms with Gasteiger partial charge in [0.05, 0.1) is 0 Å². The van der Waals surface area contributed by atoms with Crippen molar-refractivity contribution in [1.29, 1.82) is 0 Å². The molecular weight excluding hydrogens is 222 g/mol. The van der Waals surface area contributed by atoms with Crippen molar-refractivity contribution in [2.75, 3.05) is 0 Å². The molecule has 0 aromatic carbocycles. The first-order valence-corrected chi connectivity index (χ1v) is 5.77. The SMILES string of the molecule is CC(C)(C)OC(=O)C1CCCc2n[nH]c(=O)n21. The lowest BCUT2D eigenvalue weighted by atomic mass is 10.0. The second kappa shape index (κ2) is 4.01. The number of carbonyl (C=O) groups excluding carboxylic acids is 1. The van der Waals surface area contributed by atoms with Crippen molar-refractivity contribution in [3.63, 3.8) is 0 Å². The highest BCUT2D eigenvalue weighted by atomic mass is 16.6. The normalized spacial score (nSPS) is 19.8. The van der Waals surface area contributed by atoms with E-state index in [1.54, 1.807) is 0 Å². The Bertz CT molecular complexity index is 481. The van der Waals surface area contributed by atoms with E-state index in [-0.39, 0.29) is 11.7 Å². The maximum absolute atomic E-state index is 12.0. The third kappa shape index (κ3) is 2.40. The number of rotatable bonds is 1. The van der Waals surface area contributed by atoms with Crippen LogP contribution in [0.2, 0.25) is 0 Å². The average molecular weight is 239 g/mol. The van der Waals surface area contributed by atoms with Crippen molar-refractivity contribution in [3.05, 3.63) is 16.3 Å². The van der Waals surface area contributed by atoms with Gasteiger partial charge in [0.25, 0.3) is 0 Å². The van der Waals surface area contributed by atoms with Gasteiger partial charge in [-0.05, 0) is 33.6 Å². The predicted octanol–water partition coefficient (Wildman–Crippen LogP) is 0.790. The van der Waals surface area contributed by atoms with Crippen molar-refractivity contribution in [1.82, 2.24) is 14.8 Å². The van der Waals surface area contributed by atoms with E-state index in [4.69, 9.17) is 4.74 Å². The highest BCUT2D eigenvalue weighted by Gasteiger charge is 2.32. The zero-order valence-corrected chi connectivity index (χ0v) is 10.3. The molecule has 0 fully saturated rings. The van der Waals surface area contributed by atoms with Gasteiger partial charge >= 0.3 is 11.7 Å². The molecule has 2 rings (SSSR count). The molecule has 1 aliphatic rings. The van der Waals surface area contributed by atoms with Crippen molar-refractivity contribution in [3.8, 4) is 0 Å². The Kier molecular flexibility index (Phi) is 2.81. The lowest BCUT2D eigenvalue weighted by molar-refractivity contribution is -0.159. The Balaban J connectivity index is 2.27. The molecule has 1 aromatic rings. The number of hydrogen-bond acceptors (Lipinski definition) is 4. The van der Waals surface area contributed by atoms with Gasteiger partial charge in [0, 0.05) is 6.42 Å². The topological polar surface area (TPSA) is 77.0 Å². The first-order valence-electron chi connectivity index (χ1n) is 5.77. The van der Waals surface area contributed by atoms with Crippen LogP contribution in [-0.4, -0.2) is 26.3 Å². The molecule has 1 atom stereocenters. The third-order valence-corrected chi connectivity index (χ3v) is 2.65. The van der Waals surface area contributed by atoms with Gasteiger partial charge in [-0.15, -0.1) is 0 Å². The number of ether oxygens (including phenoxy) is 1. The minimum absolute atomic E-state index is 0.337. The Labute approximate surface area is 99.0 Å². The summed E-state index contributed by atoms with van der Waals surface area (Å²) in [6.07, 6.45) is 2.19. The number of nitrogens with one attached hydrogen (secondary N) is 1. The van der Waals surface area contributed by atoms with Crippen LogP contribution in [0.4, 0.5) is 0 Å². The minimum Gasteiger partial charge on any atom is -0.458 e. The lowest BCUT2D eigenvalue weighted by Gasteiger charge is -2.26. The maximum Gasteiger partial charge on any atom is 0.344 e. The van der Waals surface area contributed by atoms with Gasteiger partial charge in [0.2, 0.25) is 0 Å². The van der Waals surface area contributed by atoms with Gasteiger partial charge < -0.3 is 4.74 Å². The number of carbonyl (C=O) groups is 1. The monoisotopic (exact) mass is 239 g/mol. The molecule has 17 heavy (non-hydrogen) atoms. The van der Waals surface area contributed by atoms with Crippen molar-refractivity contribution in [2.24, 2.45) is 0 Å². The van der Waals surface area contributed by atoms with Crippen LogP contribution in [0.25, 0.3) is 0 Å². The molecule has 1 unspecified atom stereocenters. The van der Waals surface area contributed by atoms with Crippen molar-refractivity contribution < 1.29 is 9.53 Å². The van der Waals surface area contributed by atoms with Crippen molar-refractivity contribution in [2.45, 2.75) is 51.7 Å². The molecular formula is C11H17N3O3. The molecule has 0 saturated carbocycles. The van der Waals surface area contributed by atoms with Crippen LogP contribution in [0.3, 0.4) is 0 Å². The van der Waals surface area contributed by atoms with Gasteiger partial charge in [-0.3, -0.25) is 4.57 Å². The predicted molar refractivity (Wildman–Crippen MR) is 60.7 cm³/mol. The number of aromatic nitrogens is 3. The molecule has 0 radical (unpaired) electrons. The first-order chi connectivity index (χ1) is 7.88. The summed E-state index contributed by atoms with van der Waals surface area (Å²) in [6.45, 7) is 5.44. The van der Waals surface area contributed by atoms with Crippen molar-refractivity contribution >= 4 is 5.97 Å². The van der Waals surface area contributed by atoms with Gasteiger partial charge in [-0.2, -0.15) is 5.10 Å². The second-order valence-electron chi connectivity index (χ2n) is 5.26. The molecule has 0 aliphatic carbocycles. The number of esters is 1. The van der Waals surface area contributed by atoms with E-state index in [9.17, 15) is 9.59 Å². The fourth-order valence-corrected chi connectivity index (χ4v) is 2.01. The highest BCUT2D eigenvalue weighted by molar-refractivity contribution is 5.74. The fraction of sp³-hybridized carbons (Fsp3) is 0.727. The summed E-state index contributed by atoms with van der Waals surface area (Å²) in [5.41, 5.74) is -0.877.